The highest BCUT2D eigenvalue weighted by Crippen LogP contribution is 2.50. The molecule has 0 aromatic rings. The summed E-state index contributed by atoms with van der Waals surface area (Å²) in [5, 5.41) is 13.3. The molecule has 2 N–H and O–H groups in total. The molecule has 1 spiro atoms. The molecule has 7 heteroatoms. The molecule has 3 fully saturated rings. The molecular weight excluding hydrogens is 334 g/mol. The number of likely N-dealkylation sites (tertiary alicyclic amines) is 2. The molecule has 3 unspecified atom stereocenters. The second kappa shape index (κ2) is 8.13. The van der Waals surface area contributed by atoms with Crippen molar-refractivity contribution >= 4 is 11.9 Å². The molecule has 2 heterocycles. The van der Waals surface area contributed by atoms with E-state index >= 15 is 0 Å². The van der Waals surface area contributed by atoms with Crippen LogP contribution in [0.5, 0.6) is 0 Å². The minimum atomic E-state index is -0.302. The van der Waals surface area contributed by atoms with E-state index in [-0.39, 0.29) is 29.6 Å². The third kappa shape index (κ3) is 3.83. The second-order valence-electron chi connectivity index (χ2n) is 8.08. The molecule has 3 aliphatic rings. The van der Waals surface area contributed by atoms with E-state index in [1.54, 1.807) is 6.92 Å². The molecule has 1 aliphatic carbocycles. The number of nitrogens with one attached hydrogen (secondary N) is 1. The average molecular weight is 367 g/mol. The van der Waals surface area contributed by atoms with Crippen LogP contribution in [0.2, 0.25) is 0 Å². The van der Waals surface area contributed by atoms with Crippen molar-refractivity contribution in [3.05, 3.63) is 0 Å². The summed E-state index contributed by atoms with van der Waals surface area (Å²) in [6, 6.07) is -0.0263. The maximum atomic E-state index is 12.5. The lowest BCUT2D eigenvalue weighted by Gasteiger charge is -2.56. The van der Waals surface area contributed by atoms with E-state index in [0.717, 1.165) is 38.8 Å². The Kier molecular flexibility index (Phi) is 6.07. The van der Waals surface area contributed by atoms with Crippen LogP contribution >= 0.6 is 0 Å². The number of hydrogen-bond donors (Lipinski definition) is 2. The van der Waals surface area contributed by atoms with Gasteiger partial charge in [-0.1, -0.05) is 0 Å². The summed E-state index contributed by atoms with van der Waals surface area (Å²) >= 11 is 0. The zero-order chi connectivity index (χ0) is 18.7. The fourth-order valence-corrected chi connectivity index (χ4v) is 4.80. The van der Waals surface area contributed by atoms with Crippen molar-refractivity contribution in [2.24, 2.45) is 11.3 Å². The summed E-state index contributed by atoms with van der Waals surface area (Å²) in [6.07, 6.45) is 4.20. The first kappa shape index (κ1) is 19.4. The molecule has 0 bridgehead atoms. The topological polar surface area (TPSA) is 82.1 Å². The summed E-state index contributed by atoms with van der Waals surface area (Å²) in [4.78, 5) is 27.8. The molecule has 0 aromatic heterocycles. The number of carbonyl (C=O) groups is 2. The molecule has 2 saturated heterocycles. The summed E-state index contributed by atoms with van der Waals surface area (Å²) < 4.78 is 5.78. The standard InChI is InChI=1S/C19H33N3O4/c1-3-26-17-11-16(24)19(17)6-9-21(10-7-19)18(25)20-12-15-5-4-8-22(13-15)14(2)23/h15-17,24H,3-13H2,1-2H3,(H,20,25). The zero-order valence-corrected chi connectivity index (χ0v) is 16.1. The van der Waals surface area contributed by atoms with Crippen molar-refractivity contribution in [2.75, 3.05) is 39.3 Å². The highest BCUT2D eigenvalue weighted by Gasteiger charge is 2.56. The normalized spacial score (nSPS) is 30.8. The van der Waals surface area contributed by atoms with Crippen LogP contribution in [0.15, 0.2) is 0 Å². The lowest BCUT2D eigenvalue weighted by Crippen LogP contribution is -2.63. The predicted octanol–water partition coefficient (Wildman–Crippen LogP) is 1.21. The number of ether oxygens (including phenoxy) is 1. The molecule has 2 aliphatic heterocycles. The average Bonchev–Trinajstić information content (AvgIpc) is 2.66. The maximum Gasteiger partial charge on any atom is 0.317 e. The quantitative estimate of drug-likeness (QED) is 0.782. The minimum Gasteiger partial charge on any atom is -0.392 e. The highest BCUT2D eigenvalue weighted by molar-refractivity contribution is 5.74. The zero-order valence-electron chi connectivity index (χ0n) is 16.1. The molecule has 3 amide bonds. The number of piperidine rings is 2. The fourth-order valence-electron chi connectivity index (χ4n) is 4.80. The van der Waals surface area contributed by atoms with Gasteiger partial charge in [-0.3, -0.25) is 4.79 Å². The van der Waals surface area contributed by atoms with Crippen LogP contribution in [0, 0.1) is 11.3 Å². The van der Waals surface area contributed by atoms with Gasteiger partial charge in [0.15, 0.2) is 0 Å². The summed E-state index contributed by atoms with van der Waals surface area (Å²) in [5.74, 6) is 0.453. The first-order valence-electron chi connectivity index (χ1n) is 10.0. The van der Waals surface area contributed by atoms with E-state index in [2.05, 4.69) is 5.32 Å². The minimum absolute atomic E-state index is 0.0263. The van der Waals surface area contributed by atoms with Gasteiger partial charge in [0.2, 0.25) is 5.91 Å². The molecule has 148 valence electrons. The number of hydrogen-bond acceptors (Lipinski definition) is 4. The third-order valence-corrected chi connectivity index (χ3v) is 6.60. The lowest BCUT2D eigenvalue weighted by molar-refractivity contribution is -0.207. The first-order chi connectivity index (χ1) is 12.5. The van der Waals surface area contributed by atoms with Crippen molar-refractivity contribution in [1.82, 2.24) is 15.1 Å². The Morgan fingerprint density at radius 1 is 1.23 bits per heavy atom. The number of rotatable bonds is 4. The van der Waals surface area contributed by atoms with E-state index in [9.17, 15) is 14.7 Å². The Balaban J connectivity index is 1.43. The number of aliphatic hydroxyl groups excluding tert-OH is 1. The second-order valence-corrected chi connectivity index (χ2v) is 8.08. The van der Waals surface area contributed by atoms with Gasteiger partial charge < -0.3 is 25.0 Å². The Morgan fingerprint density at radius 2 is 1.96 bits per heavy atom. The van der Waals surface area contributed by atoms with Gasteiger partial charge >= 0.3 is 6.03 Å². The van der Waals surface area contributed by atoms with E-state index in [1.807, 2.05) is 16.7 Å². The van der Waals surface area contributed by atoms with Crippen molar-refractivity contribution in [3.8, 4) is 0 Å². The Bertz CT molecular complexity index is 517. The van der Waals surface area contributed by atoms with Crippen LogP contribution in [0.4, 0.5) is 4.79 Å². The van der Waals surface area contributed by atoms with Crippen LogP contribution in [0.1, 0.15) is 46.0 Å². The molecule has 3 atom stereocenters. The number of amides is 3. The van der Waals surface area contributed by atoms with Crippen molar-refractivity contribution in [3.63, 3.8) is 0 Å². The molecule has 0 radical (unpaired) electrons. The van der Waals surface area contributed by atoms with E-state index in [0.29, 0.717) is 38.6 Å². The van der Waals surface area contributed by atoms with Gasteiger partial charge in [0.25, 0.3) is 0 Å². The van der Waals surface area contributed by atoms with E-state index in [4.69, 9.17) is 4.74 Å². The Morgan fingerprint density at radius 3 is 2.58 bits per heavy atom. The number of urea groups is 1. The van der Waals surface area contributed by atoms with Gasteiger partial charge in [0.1, 0.15) is 0 Å². The van der Waals surface area contributed by atoms with Gasteiger partial charge in [-0.25, -0.2) is 4.79 Å². The van der Waals surface area contributed by atoms with Crippen LogP contribution < -0.4 is 5.32 Å². The van der Waals surface area contributed by atoms with Crippen LogP contribution in [-0.2, 0) is 9.53 Å². The molecule has 7 nitrogen and oxygen atoms in total. The van der Waals surface area contributed by atoms with Gasteiger partial charge in [-0.15, -0.1) is 0 Å². The third-order valence-electron chi connectivity index (χ3n) is 6.60. The number of carbonyl (C=O) groups excluding carboxylic acids is 2. The van der Waals surface area contributed by atoms with Crippen LogP contribution in [0.25, 0.3) is 0 Å². The summed E-state index contributed by atoms with van der Waals surface area (Å²) in [7, 11) is 0. The summed E-state index contributed by atoms with van der Waals surface area (Å²) in [5.41, 5.74) is -0.155. The van der Waals surface area contributed by atoms with Crippen LogP contribution in [0.3, 0.4) is 0 Å². The largest absolute Gasteiger partial charge is 0.392 e. The molecule has 1 saturated carbocycles. The predicted molar refractivity (Wildman–Crippen MR) is 97.7 cm³/mol. The molecule has 3 rings (SSSR count). The molecule has 0 aromatic carbocycles. The highest BCUT2D eigenvalue weighted by atomic mass is 16.5. The van der Waals surface area contributed by atoms with Crippen molar-refractivity contribution < 1.29 is 19.4 Å². The SMILES string of the molecule is CCOC1CC(O)C12CCN(C(=O)NCC1CCCN(C(C)=O)C1)CC2. The number of nitrogens with zero attached hydrogens (tertiary/aromatic N) is 2. The van der Waals surface area contributed by atoms with E-state index in [1.165, 1.54) is 0 Å². The maximum absolute atomic E-state index is 12.5. The van der Waals surface area contributed by atoms with Crippen LogP contribution in [-0.4, -0.2) is 78.4 Å². The number of aliphatic hydroxyl groups is 1. The Hall–Kier alpha value is -1.34. The molecular formula is C19H33N3O4. The monoisotopic (exact) mass is 367 g/mol. The molecule has 26 heavy (non-hydrogen) atoms. The first-order valence-corrected chi connectivity index (χ1v) is 10.0. The smallest absolute Gasteiger partial charge is 0.317 e. The van der Waals surface area contributed by atoms with Gasteiger partial charge in [-0.05, 0) is 38.5 Å². The van der Waals surface area contributed by atoms with Gasteiger partial charge in [0.05, 0.1) is 12.2 Å². The van der Waals surface area contributed by atoms with Crippen molar-refractivity contribution in [1.29, 1.82) is 0 Å². The Labute approximate surface area is 156 Å². The van der Waals surface area contributed by atoms with Gasteiger partial charge in [-0.2, -0.15) is 0 Å². The van der Waals surface area contributed by atoms with Gasteiger partial charge in [0, 0.05) is 58.1 Å². The fraction of sp³-hybridized carbons (Fsp3) is 0.895. The summed E-state index contributed by atoms with van der Waals surface area (Å²) in [6.45, 7) is 7.77. The van der Waals surface area contributed by atoms with Crippen molar-refractivity contribution in [2.45, 2.75) is 58.2 Å². The van der Waals surface area contributed by atoms with E-state index < -0.39 is 0 Å². The lowest BCUT2D eigenvalue weighted by atomic mass is 9.58.